The van der Waals surface area contributed by atoms with Crippen molar-refractivity contribution >= 4 is 17.5 Å². The summed E-state index contributed by atoms with van der Waals surface area (Å²) in [6.45, 7) is 0.438. The van der Waals surface area contributed by atoms with Crippen LogP contribution in [0.4, 0.5) is 0 Å². The van der Waals surface area contributed by atoms with Gasteiger partial charge in [-0.05, 0) is 30.5 Å². The molecule has 2 fully saturated rings. The molecule has 1 aromatic rings. The van der Waals surface area contributed by atoms with Crippen LogP contribution in [0.1, 0.15) is 24.6 Å². The molecule has 1 saturated carbocycles. The fraction of sp³-hybridized carbons (Fsp3) is 0.417. The van der Waals surface area contributed by atoms with Crippen LogP contribution in [0.25, 0.3) is 0 Å². The zero-order valence-electron chi connectivity index (χ0n) is 8.82. The van der Waals surface area contributed by atoms with Gasteiger partial charge in [-0.3, -0.25) is 10.1 Å². The van der Waals surface area contributed by atoms with Crippen molar-refractivity contribution in [2.45, 2.75) is 25.0 Å². The average molecular weight is 237 g/mol. The maximum absolute atomic E-state index is 11.8. The first-order valence-electron chi connectivity index (χ1n) is 5.56. The molecule has 0 spiro atoms. The fourth-order valence-corrected chi connectivity index (χ4v) is 2.44. The quantitative estimate of drug-likeness (QED) is 0.851. The van der Waals surface area contributed by atoms with Gasteiger partial charge in [-0.1, -0.05) is 23.7 Å². The number of carbonyl (C=O) groups is 1. The molecule has 1 unspecified atom stereocenters. The Kier molecular flexibility index (Phi) is 2.37. The Morgan fingerprint density at radius 2 is 2.19 bits per heavy atom. The number of benzene rings is 1. The normalized spacial score (nSPS) is 25.2. The van der Waals surface area contributed by atoms with Crippen molar-refractivity contribution in [1.82, 2.24) is 10.2 Å². The Morgan fingerprint density at radius 3 is 2.88 bits per heavy atom. The molecule has 0 bridgehead atoms. The van der Waals surface area contributed by atoms with Gasteiger partial charge in [0.2, 0.25) is 5.91 Å². The van der Waals surface area contributed by atoms with E-state index in [9.17, 15) is 4.79 Å². The molecular formula is C12H13ClN2O. The van der Waals surface area contributed by atoms with Crippen LogP contribution in [0.15, 0.2) is 24.3 Å². The molecule has 16 heavy (non-hydrogen) atoms. The standard InChI is InChI=1S/C12H13ClN2O/c13-9-3-1-2-8(6-9)12-14-7-11(16)15(12)10-4-5-10/h1-3,6,10,12,14H,4-5,7H2. The van der Waals surface area contributed by atoms with Gasteiger partial charge in [0, 0.05) is 11.1 Å². The lowest BCUT2D eigenvalue weighted by Gasteiger charge is -2.24. The second kappa shape index (κ2) is 3.75. The molecular weight excluding hydrogens is 224 g/mol. The Labute approximate surface area is 99.4 Å². The second-order valence-corrected chi connectivity index (χ2v) is 4.81. The number of hydrogen-bond donors (Lipinski definition) is 1. The summed E-state index contributed by atoms with van der Waals surface area (Å²) in [5.74, 6) is 0.201. The Balaban J connectivity index is 1.91. The number of rotatable bonds is 2. The van der Waals surface area contributed by atoms with Crippen LogP contribution in [-0.2, 0) is 4.79 Å². The van der Waals surface area contributed by atoms with Crippen molar-refractivity contribution in [2.24, 2.45) is 0 Å². The van der Waals surface area contributed by atoms with Gasteiger partial charge in [-0.25, -0.2) is 0 Å². The van der Waals surface area contributed by atoms with Crippen LogP contribution in [0.5, 0.6) is 0 Å². The van der Waals surface area contributed by atoms with E-state index in [0.717, 1.165) is 23.4 Å². The maximum Gasteiger partial charge on any atom is 0.238 e. The highest BCUT2D eigenvalue weighted by molar-refractivity contribution is 6.30. The minimum Gasteiger partial charge on any atom is -0.319 e. The first kappa shape index (κ1) is 10.1. The van der Waals surface area contributed by atoms with Crippen LogP contribution in [-0.4, -0.2) is 23.4 Å². The Morgan fingerprint density at radius 1 is 1.38 bits per heavy atom. The predicted octanol–water partition coefficient (Wildman–Crippen LogP) is 1.93. The smallest absolute Gasteiger partial charge is 0.238 e. The molecule has 0 radical (unpaired) electrons. The molecule has 2 aliphatic rings. The minimum absolute atomic E-state index is 0.0127. The molecule has 1 amide bonds. The van der Waals surface area contributed by atoms with E-state index >= 15 is 0 Å². The van der Waals surface area contributed by atoms with E-state index in [1.165, 1.54) is 0 Å². The molecule has 1 saturated heterocycles. The molecule has 1 aromatic carbocycles. The van der Waals surface area contributed by atoms with Gasteiger partial charge < -0.3 is 4.90 Å². The highest BCUT2D eigenvalue weighted by Gasteiger charge is 2.41. The third-order valence-electron chi connectivity index (χ3n) is 3.12. The van der Waals surface area contributed by atoms with Crippen molar-refractivity contribution in [2.75, 3.05) is 6.54 Å². The van der Waals surface area contributed by atoms with Crippen LogP contribution >= 0.6 is 11.6 Å². The zero-order chi connectivity index (χ0) is 11.1. The minimum atomic E-state index is 0.0127. The summed E-state index contributed by atoms with van der Waals surface area (Å²) in [6, 6.07) is 8.15. The number of amides is 1. The molecule has 3 nitrogen and oxygen atoms in total. The van der Waals surface area contributed by atoms with Gasteiger partial charge >= 0.3 is 0 Å². The summed E-state index contributed by atoms with van der Waals surface area (Å²) < 4.78 is 0. The molecule has 1 atom stereocenters. The highest BCUT2D eigenvalue weighted by atomic mass is 35.5. The largest absolute Gasteiger partial charge is 0.319 e. The monoisotopic (exact) mass is 236 g/mol. The number of nitrogens with zero attached hydrogens (tertiary/aromatic N) is 1. The summed E-state index contributed by atoms with van der Waals surface area (Å²) >= 11 is 5.97. The molecule has 1 aliphatic heterocycles. The van der Waals surface area contributed by atoms with E-state index in [1.807, 2.05) is 29.2 Å². The Bertz CT molecular complexity index is 431. The SMILES string of the molecule is O=C1CNC(c2cccc(Cl)c2)N1C1CC1. The summed E-state index contributed by atoms with van der Waals surface area (Å²) in [4.78, 5) is 13.7. The van der Waals surface area contributed by atoms with Crippen molar-refractivity contribution in [3.63, 3.8) is 0 Å². The molecule has 1 heterocycles. The molecule has 4 heteroatoms. The van der Waals surface area contributed by atoms with E-state index in [4.69, 9.17) is 11.6 Å². The van der Waals surface area contributed by atoms with Crippen LogP contribution in [0.3, 0.4) is 0 Å². The summed E-state index contributed by atoms with van der Waals surface area (Å²) in [5, 5.41) is 3.96. The second-order valence-electron chi connectivity index (χ2n) is 4.37. The lowest BCUT2D eigenvalue weighted by Crippen LogP contribution is -2.32. The Hall–Kier alpha value is -1.06. The van der Waals surface area contributed by atoms with Crippen LogP contribution in [0.2, 0.25) is 5.02 Å². The summed E-state index contributed by atoms with van der Waals surface area (Å²) in [6.07, 6.45) is 2.27. The topological polar surface area (TPSA) is 32.3 Å². The fourth-order valence-electron chi connectivity index (χ4n) is 2.24. The summed E-state index contributed by atoms with van der Waals surface area (Å²) in [7, 11) is 0. The predicted molar refractivity (Wildman–Crippen MR) is 62.1 cm³/mol. The van der Waals surface area contributed by atoms with E-state index in [0.29, 0.717) is 12.6 Å². The van der Waals surface area contributed by atoms with E-state index in [2.05, 4.69) is 5.32 Å². The van der Waals surface area contributed by atoms with Gasteiger partial charge in [0.1, 0.15) is 6.17 Å². The lowest BCUT2D eigenvalue weighted by molar-refractivity contribution is -0.128. The maximum atomic E-state index is 11.8. The number of hydrogen-bond acceptors (Lipinski definition) is 2. The number of carbonyl (C=O) groups excluding carboxylic acids is 1. The number of halogens is 1. The third kappa shape index (κ3) is 1.70. The van der Waals surface area contributed by atoms with Crippen molar-refractivity contribution in [3.8, 4) is 0 Å². The molecule has 1 aliphatic carbocycles. The van der Waals surface area contributed by atoms with E-state index < -0.39 is 0 Å². The molecule has 84 valence electrons. The summed E-state index contributed by atoms with van der Waals surface area (Å²) in [5.41, 5.74) is 1.07. The number of nitrogens with one attached hydrogen (secondary N) is 1. The van der Waals surface area contributed by atoms with Crippen molar-refractivity contribution < 1.29 is 4.79 Å². The molecule has 1 N–H and O–H groups in total. The van der Waals surface area contributed by atoms with Crippen molar-refractivity contribution in [1.29, 1.82) is 0 Å². The molecule has 3 rings (SSSR count). The zero-order valence-corrected chi connectivity index (χ0v) is 9.57. The molecule has 0 aromatic heterocycles. The van der Waals surface area contributed by atoms with E-state index in [-0.39, 0.29) is 12.1 Å². The van der Waals surface area contributed by atoms with Crippen molar-refractivity contribution in [3.05, 3.63) is 34.9 Å². The van der Waals surface area contributed by atoms with Gasteiger partial charge in [0.05, 0.1) is 6.54 Å². The van der Waals surface area contributed by atoms with Crippen LogP contribution in [0, 0.1) is 0 Å². The van der Waals surface area contributed by atoms with Gasteiger partial charge in [0.15, 0.2) is 0 Å². The first-order chi connectivity index (χ1) is 7.75. The third-order valence-corrected chi connectivity index (χ3v) is 3.35. The first-order valence-corrected chi connectivity index (χ1v) is 5.93. The van der Waals surface area contributed by atoms with E-state index in [1.54, 1.807) is 0 Å². The van der Waals surface area contributed by atoms with Gasteiger partial charge in [-0.2, -0.15) is 0 Å². The van der Waals surface area contributed by atoms with Crippen LogP contribution < -0.4 is 5.32 Å². The van der Waals surface area contributed by atoms with Gasteiger partial charge in [0.25, 0.3) is 0 Å². The van der Waals surface area contributed by atoms with Gasteiger partial charge in [-0.15, -0.1) is 0 Å². The highest BCUT2D eigenvalue weighted by Crippen LogP contribution is 2.35. The average Bonchev–Trinajstić information content (AvgIpc) is 3.02. The lowest BCUT2D eigenvalue weighted by atomic mass is 10.1.